The van der Waals surface area contributed by atoms with Crippen LogP contribution in [0.5, 0.6) is 0 Å². The second-order valence-electron chi connectivity index (χ2n) is 4.81. The Morgan fingerprint density at radius 1 is 1.45 bits per heavy atom. The first kappa shape index (κ1) is 16.4. The molecule has 1 fully saturated rings. The van der Waals surface area contributed by atoms with Crippen molar-refractivity contribution in [2.75, 3.05) is 13.2 Å². The minimum Gasteiger partial charge on any atom is -0.480 e. The lowest BCUT2D eigenvalue weighted by atomic mass is 9.98. The molecule has 3 atom stereocenters. The summed E-state index contributed by atoms with van der Waals surface area (Å²) in [6.45, 7) is 4.02. The van der Waals surface area contributed by atoms with Gasteiger partial charge in [-0.25, -0.2) is 4.79 Å². The van der Waals surface area contributed by atoms with Crippen molar-refractivity contribution in [3.8, 4) is 0 Å². The molecule has 0 aliphatic carbocycles. The van der Waals surface area contributed by atoms with Gasteiger partial charge in [0.05, 0.1) is 13.0 Å². The van der Waals surface area contributed by atoms with E-state index in [1.807, 2.05) is 0 Å². The molecule has 1 heterocycles. The zero-order valence-corrected chi connectivity index (χ0v) is 11.8. The number of hydrogen-bond donors (Lipinski definition) is 2. The van der Waals surface area contributed by atoms with Crippen LogP contribution in [0, 0.1) is 5.92 Å². The minimum absolute atomic E-state index is 0.0589. The minimum atomic E-state index is -1.17. The molecule has 0 spiro atoms. The smallest absolute Gasteiger partial charge is 0.326 e. The van der Waals surface area contributed by atoms with Crippen LogP contribution >= 0.6 is 0 Å². The highest BCUT2D eigenvalue weighted by Gasteiger charge is 2.32. The molecule has 0 saturated carbocycles. The van der Waals surface area contributed by atoms with Gasteiger partial charge in [0.25, 0.3) is 0 Å². The maximum absolute atomic E-state index is 11.9. The van der Waals surface area contributed by atoms with Gasteiger partial charge in [0.15, 0.2) is 0 Å². The number of ether oxygens (including phenoxy) is 2. The van der Waals surface area contributed by atoms with Gasteiger partial charge in [0, 0.05) is 6.61 Å². The number of amides is 1. The summed E-state index contributed by atoms with van der Waals surface area (Å²) in [6.07, 6.45) is 0.724. The van der Waals surface area contributed by atoms with E-state index in [0.29, 0.717) is 13.0 Å². The molecule has 1 aliphatic heterocycles. The number of aliphatic carboxylic acids is 1. The van der Waals surface area contributed by atoms with E-state index in [4.69, 9.17) is 9.47 Å². The van der Waals surface area contributed by atoms with Crippen molar-refractivity contribution in [2.24, 2.45) is 5.92 Å². The van der Waals surface area contributed by atoms with Crippen LogP contribution in [-0.4, -0.2) is 48.3 Å². The van der Waals surface area contributed by atoms with Crippen molar-refractivity contribution in [3.05, 3.63) is 0 Å². The highest BCUT2D eigenvalue weighted by Crippen LogP contribution is 2.15. The van der Waals surface area contributed by atoms with Crippen molar-refractivity contribution in [1.29, 1.82) is 0 Å². The third kappa shape index (κ3) is 4.80. The van der Waals surface area contributed by atoms with Crippen LogP contribution in [0.3, 0.4) is 0 Å². The van der Waals surface area contributed by atoms with Gasteiger partial charge in [-0.05, 0) is 25.7 Å². The van der Waals surface area contributed by atoms with Gasteiger partial charge >= 0.3 is 11.9 Å². The average molecular weight is 287 g/mol. The zero-order chi connectivity index (χ0) is 15.1. The molecule has 0 aromatic carbocycles. The van der Waals surface area contributed by atoms with Crippen LogP contribution < -0.4 is 5.32 Å². The number of rotatable bonds is 7. The van der Waals surface area contributed by atoms with Crippen molar-refractivity contribution < 1.29 is 29.0 Å². The number of carboxylic acids is 1. The normalized spacial score (nSPS) is 21.0. The molecule has 0 bridgehead atoms. The van der Waals surface area contributed by atoms with E-state index in [1.54, 1.807) is 13.8 Å². The largest absolute Gasteiger partial charge is 0.480 e. The summed E-state index contributed by atoms with van der Waals surface area (Å²) in [5.74, 6) is -2.65. The molecule has 1 amide bonds. The third-order valence-corrected chi connectivity index (χ3v) is 3.15. The molecule has 114 valence electrons. The van der Waals surface area contributed by atoms with E-state index in [9.17, 15) is 19.5 Å². The Morgan fingerprint density at radius 2 is 2.15 bits per heavy atom. The lowest BCUT2D eigenvalue weighted by Gasteiger charge is -2.22. The van der Waals surface area contributed by atoms with Crippen LogP contribution in [0.4, 0.5) is 0 Å². The fraction of sp³-hybridized carbons (Fsp3) is 0.769. The van der Waals surface area contributed by atoms with Gasteiger partial charge < -0.3 is 19.9 Å². The fourth-order valence-corrected chi connectivity index (χ4v) is 2.08. The fourth-order valence-electron chi connectivity index (χ4n) is 2.08. The summed E-state index contributed by atoms with van der Waals surface area (Å²) in [6, 6.07) is -1.13. The number of hydrogen-bond acceptors (Lipinski definition) is 5. The Bertz CT molecular complexity index is 364. The first-order valence-corrected chi connectivity index (χ1v) is 6.76. The monoisotopic (exact) mass is 287 g/mol. The SMILES string of the molecule is CCOC(=O)C[C@H](C)[C@@H](NC(=O)[C@H]1CCCO1)C(=O)O. The van der Waals surface area contributed by atoms with Gasteiger partial charge in [-0.3, -0.25) is 9.59 Å². The predicted octanol–water partition coefficient (Wildman–Crippen LogP) is 0.324. The second-order valence-corrected chi connectivity index (χ2v) is 4.81. The van der Waals surface area contributed by atoms with Gasteiger partial charge in [-0.1, -0.05) is 6.92 Å². The summed E-state index contributed by atoms with van der Waals surface area (Å²) >= 11 is 0. The van der Waals surface area contributed by atoms with E-state index < -0.39 is 35.9 Å². The van der Waals surface area contributed by atoms with E-state index in [0.717, 1.165) is 6.42 Å². The number of esters is 1. The van der Waals surface area contributed by atoms with Crippen LogP contribution in [0.1, 0.15) is 33.1 Å². The number of carboxylic acid groups (broad SMARTS) is 1. The van der Waals surface area contributed by atoms with Crippen molar-refractivity contribution >= 4 is 17.8 Å². The van der Waals surface area contributed by atoms with Gasteiger partial charge in [-0.2, -0.15) is 0 Å². The first-order chi connectivity index (χ1) is 9.45. The quantitative estimate of drug-likeness (QED) is 0.654. The molecule has 7 heteroatoms. The Labute approximate surface area is 117 Å². The maximum Gasteiger partial charge on any atom is 0.326 e. The molecule has 1 aliphatic rings. The molecule has 0 radical (unpaired) electrons. The molecule has 1 rings (SSSR count). The molecule has 0 unspecified atom stereocenters. The molecule has 0 aromatic heterocycles. The highest BCUT2D eigenvalue weighted by molar-refractivity contribution is 5.87. The zero-order valence-electron chi connectivity index (χ0n) is 11.8. The van der Waals surface area contributed by atoms with Crippen LogP contribution in [0.25, 0.3) is 0 Å². The van der Waals surface area contributed by atoms with Crippen molar-refractivity contribution in [2.45, 2.75) is 45.3 Å². The Kier molecular flexibility index (Phi) is 6.44. The van der Waals surface area contributed by atoms with Gasteiger partial charge in [-0.15, -0.1) is 0 Å². The topological polar surface area (TPSA) is 102 Å². The van der Waals surface area contributed by atoms with E-state index >= 15 is 0 Å². The average Bonchev–Trinajstić information content (AvgIpc) is 2.89. The van der Waals surface area contributed by atoms with Crippen LogP contribution in [0.2, 0.25) is 0 Å². The van der Waals surface area contributed by atoms with E-state index in [-0.39, 0.29) is 13.0 Å². The summed E-state index contributed by atoms with van der Waals surface area (Å²) in [7, 11) is 0. The summed E-state index contributed by atoms with van der Waals surface area (Å²) in [4.78, 5) is 34.5. The van der Waals surface area contributed by atoms with Crippen molar-refractivity contribution in [3.63, 3.8) is 0 Å². The molecular weight excluding hydrogens is 266 g/mol. The van der Waals surface area contributed by atoms with Crippen molar-refractivity contribution in [1.82, 2.24) is 5.32 Å². The highest BCUT2D eigenvalue weighted by atomic mass is 16.5. The number of carbonyl (C=O) groups is 3. The van der Waals surface area contributed by atoms with Gasteiger partial charge in [0.1, 0.15) is 12.1 Å². The molecule has 2 N–H and O–H groups in total. The summed E-state index contributed by atoms with van der Waals surface area (Å²) < 4.78 is 9.98. The predicted molar refractivity (Wildman–Crippen MR) is 69.0 cm³/mol. The third-order valence-electron chi connectivity index (χ3n) is 3.15. The molecular formula is C13H21NO6. The van der Waals surface area contributed by atoms with Gasteiger partial charge in [0.2, 0.25) is 5.91 Å². The lowest BCUT2D eigenvalue weighted by molar-refractivity contribution is -0.148. The molecule has 20 heavy (non-hydrogen) atoms. The van der Waals surface area contributed by atoms with E-state index in [1.165, 1.54) is 0 Å². The summed E-state index contributed by atoms with van der Waals surface area (Å²) in [5.41, 5.74) is 0. The summed E-state index contributed by atoms with van der Waals surface area (Å²) in [5, 5.41) is 11.6. The van der Waals surface area contributed by atoms with Crippen LogP contribution in [-0.2, 0) is 23.9 Å². The number of nitrogens with one attached hydrogen (secondary N) is 1. The Morgan fingerprint density at radius 3 is 2.65 bits per heavy atom. The first-order valence-electron chi connectivity index (χ1n) is 6.76. The molecule has 1 saturated heterocycles. The molecule has 7 nitrogen and oxygen atoms in total. The lowest BCUT2D eigenvalue weighted by Crippen LogP contribution is -2.49. The molecule has 0 aromatic rings. The Hall–Kier alpha value is -1.63. The van der Waals surface area contributed by atoms with E-state index in [2.05, 4.69) is 5.32 Å². The standard InChI is InChI=1S/C13H21NO6/c1-3-19-10(15)7-8(2)11(13(17)18)14-12(16)9-5-4-6-20-9/h8-9,11H,3-7H2,1-2H3,(H,14,16)(H,17,18)/t8-,9+,11+/m0/s1. The number of carbonyl (C=O) groups excluding carboxylic acids is 2. The maximum atomic E-state index is 11.9. The second kappa shape index (κ2) is 7.84. The Balaban J connectivity index is 2.56. The van der Waals surface area contributed by atoms with Crippen LogP contribution in [0.15, 0.2) is 0 Å².